The molecule has 2 N–H and O–H groups in total. The summed E-state index contributed by atoms with van der Waals surface area (Å²) >= 11 is 0. The molecule has 116 valence electrons. The lowest BCUT2D eigenvalue weighted by molar-refractivity contribution is 0.0666. The van der Waals surface area contributed by atoms with Crippen molar-refractivity contribution < 1.29 is 5.11 Å². The lowest BCUT2D eigenvalue weighted by Crippen LogP contribution is -2.20. The Labute approximate surface area is 128 Å². The van der Waals surface area contributed by atoms with E-state index in [1.54, 1.807) is 0 Å². The monoisotopic (exact) mass is 288 g/mol. The molecule has 3 nitrogen and oxygen atoms in total. The smallest absolute Gasteiger partial charge is 0.0608 e. The van der Waals surface area contributed by atoms with Gasteiger partial charge in [0.2, 0.25) is 0 Å². The van der Waals surface area contributed by atoms with E-state index in [2.05, 4.69) is 54.2 Å². The van der Waals surface area contributed by atoms with Gasteiger partial charge in [-0.05, 0) is 50.4 Å². The van der Waals surface area contributed by atoms with Crippen LogP contribution in [0.1, 0.15) is 39.7 Å². The van der Waals surface area contributed by atoms with Crippen molar-refractivity contribution in [1.29, 1.82) is 0 Å². The molecule has 0 aliphatic carbocycles. The van der Waals surface area contributed by atoms with Gasteiger partial charge in [-0.15, -0.1) is 0 Å². The van der Waals surface area contributed by atoms with Gasteiger partial charge in [0.1, 0.15) is 0 Å². The van der Waals surface area contributed by atoms with Crippen LogP contribution in [0.4, 0.5) is 0 Å². The van der Waals surface area contributed by atoms with Crippen molar-refractivity contribution in [2.75, 3.05) is 6.54 Å². The molecule has 2 aromatic rings. The molecule has 0 saturated heterocycles. The van der Waals surface area contributed by atoms with Gasteiger partial charge in [-0.25, -0.2) is 0 Å². The van der Waals surface area contributed by atoms with E-state index in [0.29, 0.717) is 5.92 Å². The molecule has 2 rings (SSSR count). The molecule has 0 spiro atoms. The molecule has 0 aliphatic rings. The van der Waals surface area contributed by atoms with Gasteiger partial charge >= 0.3 is 0 Å². The molecule has 0 unspecified atom stereocenters. The van der Waals surface area contributed by atoms with Crippen molar-refractivity contribution in [2.24, 2.45) is 5.92 Å². The molecule has 1 heterocycles. The minimum absolute atomic E-state index is 0.618. The van der Waals surface area contributed by atoms with Crippen LogP contribution in [0.15, 0.2) is 30.5 Å². The first-order chi connectivity index (χ1) is 9.87. The maximum atomic E-state index is 9.89. The highest BCUT2D eigenvalue weighted by molar-refractivity contribution is 5.83. The second kappa shape index (κ2) is 6.63. The minimum atomic E-state index is -0.618. The van der Waals surface area contributed by atoms with E-state index in [0.717, 1.165) is 26.1 Å². The van der Waals surface area contributed by atoms with Gasteiger partial charge in [0, 0.05) is 30.2 Å². The number of aromatic nitrogens is 1. The number of fused-ring (bicyclic) bond motifs is 1. The molecular formula is C18H28N2O. The number of rotatable bonds is 7. The third-order valence-corrected chi connectivity index (χ3v) is 3.74. The molecule has 3 heteroatoms. The Hall–Kier alpha value is -1.32. The Morgan fingerprint density at radius 2 is 2.00 bits per heavy atom. The second-order valence-corrected chi connectivity index (χ2v) is 6.95. The van der Waals surface area contributed by atoms with Crippen LogP contribution in [0.5, 0.6) is 0 Å². The number of hydrogen-bond acceptors (Lipinski definition) is 2. The maximum absolute atomic E-state index is 9.89. The van der Waals surface area contributed by atoms with Crippen molar-refractivity contribution in [3.05, 3.63) is 36.0 Å². The van der Waals surface area contributed by atoms with E-state index in [4.69, 9.17) is 0 Å². The number of benzene rings is 1. The van der Waals surface area contributed by atoms with Gasteiger partial charge in [0.05, 0.1) is 5.60 Å². The van der Waals surface area contributed by atoms with Gasteiger partial charge in [-0.3, -0.25) is 0 Å². The number of nitrogens with zero attached hydrogens (tertiary/aromatic N) is 1. The normalized spacial score (nSPS) is 12.5. The molecule has 0 fully saturated rings. The van der Waals surface area contributed by atoms with Crippen LogP contribution in [0, 0.1) is 5.92 Å². The highest BCUT2D eigenvalue weighted by Crippen LogP contribution is 2.22. The Morgan fingerprint density at radius 1 is 1.24 bits per heavy atom. The predicted octanol–water partition coefficient (Wildman–Crippen LogP) is 3.55. The van der Waals surface area contributed by atoms with Gasteiger partial charge in [0.15, 0.2) is 0 Å². The molecule has 1 aromatic carbocycles. The van der Waals surface area contributed by atoms with E-state index in [-0.39, 0.29) is 0 Å². The van der Waals surface area contributed by atoms with Crippen LogP contribution in [0.25, 0.3) is 10.9 Å². The van der Waals surface area contributed by atoms with Crippen molar-refractivity contribution in [1.82, 2.24) is 9.88 Å². The quantitative estimate of drug-likeness (QED) is 0.817. The summed E-state index contributed by atoms with van der Waals surface area (Å²) in [4.78, 5) is 0. The highest BCUT2D eigenvalue weighted by Gasteiger charge is 2.13. The summed E-state index contributed by atoms with van der Waals surface area (Å²) in [6, 6.07) is 8.66. The summed E-state index contributed by atoms with van der Waals surface area (Å²) < 4.78 is 2.24. The van der Waals surface area contributed by atoms with E-state index < -0.39 is 5.60 Å². The summed E-state index contributed by atoms with van der Waals surface area (Å²) in [6.07, 6.45) is 2.88. The van der Waals surface area contributed by atoms with Crippen molar-refractivity contribution in [3.63, 3.8) is 0 Å². The fourth-order valence-electron chi connectivity index (χ4n) is 2.53. The van der Waals surface area contributed by atoms with E-state index in [1.807, 2.05) is 13.8 Å². The average Bonchev–Trinajstić information content (AvgIpc) is 2.79. The van der Waals surface area contributed by atoms with Crippen molar-refractivity contribution in [3.8, 4) is 0 Å². The van der Waals surface area contributed by atoms with Gasteiger partial charge < -0.3 is 15.0 Å². The molecule has 0 aliphatic heterocycles. The third-order valence-electron chi connectivity index (χ3n) is 3.74. The first-order valence-corrected chi connectivity index (χ1v) is 7.86. The standard InChI is InChI=1S/C18H28N2O/c1-14(2)12-19-13-15-6-5-7-17-16(15)8-10-20(17)11-9-18(3,4)21/h5-8,10,14,19,21H,9,11-13H2,1-4H3. The maximum Gasteiger partial charge on any atom is 0.0608 e. The molecule has 0 atom stereocenters. The van der Waals surface area contributed by atoms with Gasteiger partial charge in [-0.2, -0.15) is 0 Å². The van der Waals surface area contributed by atoms with Crippen LogP contribution in [0.2, 0.25) is 0 Å². The first kappa shape index (κ1) is 16.1. The number of aryl methyl sites for hydroxylation is 1. The van der Waals surface area contributed by atoms with E-state index in [1.165, 1.54) is 16.5 Å². The highest BCUT2D eigenvalue weighted by atomic mass is 16.3. The topological polar surface area (TPSA) is 37.2 Å². The molecule has 1 aromatic heterocycles. The molecular weight excluding hydrogens is 260 g/mol. The van der Waals surface area contributed by atoms with E-state index >= 15 is 0 Å². The molecule has 0 saturated carbocycles. The summed E-state index contributed by atoms with van der Waals surface area (Å²) in [5.74, 6) is 0.667. The largest absolute Gasteiger partial charge is 0.390 e. The van der Waals surface area contributed by atoms with Crippen LogP contribution >= 0.6 is 0 Å². The second-order valence-electron chi connectivity index (χ2n) is 6.95. The fraction of sp³-hybridized carbons (Fsp3) is 0.556. The Morgan fingerprint density at radius 3 is 2.67 bits per heavy atom. The van der Waals surface area contributed by atoms with E-state index in [9.17, 15) is 5.11 Å². The summed E-state index contributed by atoms with van der Waals surface area (Å²) in [7, 11) is 0. The number of nitrogens with one attached hydrogen (secondary N) is 1. The third kappa shape index (κ3) is 4.58. The zero-order valence-electron chi connectivity index (χ0n) is 13.7. The first-order valence-electron chi connectivity index (χ1n) is 7.86. The zero-order valence-corrected chi connectivity index (χ0v) is 13.7. The van der Waals surface area contributed by atoms with Crippen LogP contribution < -0.4 is 5.32 Å². The van der Waals surface area contributed by atoms with Crippen LogP contribution in [0.3, 0.4) is 0 Å². The zero-order chi connectivity index (χ0) is 15.5. The lowest BCUT2D eigenvalue weighted by Gasteiger charge is -2.17. The molecule has 0 radical (unpaired) electrons. The number of aliphatic hydroxyl groups is 1. The van der Waals surface area contributed by atoms with Crippen LogP contribution in [-0.2, 0) is 13.1 Å². The fourth-order valence-corrected chi connectivity index (χ4v) is 2.53. The lowest BCUT2D eigenvalue weighted by atomic mass is 10.1. The Bertz CT molecular complexity index is 578. The molecule has 0 amide bonds. The Balaban J connectivity index is 2.13. The SMILES string of the molecule is CC(C)CNCc1cccc2c1ccn2CCC(C)(C)O. The predicted molar refractivity (Wildman–Crippen MR) is 89.4 cm³/mol. The van der Waals surface area contributed by atoms with Crippen LogP contribution in [-0.4, -0.2) is 21.8 Å². The molecule has 21 heavy (non-hydrogen) atoms. The van der Waals surface area contributed by atoms with Gasteiger partial charge in [0.25, 0.3) is 0 Å². The minimum Gasteiger partial charge on any atom is -0.390 e. The summed E-state index contributed by atoms with van der Waals surface area (Å²) in [5, 5.41) is 14.7. The van der Waals surface area contributed by atoms with Crippen molar-refractivity contribution in [2.45, 2.75) is 52.8 Å². The Kier molecular flexibility index (Phi) is 5.07. The van der Waals surface area contributed by atoms with Crippen molar-refractivity contribution >= 4 is 10.9 Å². The summed E-state index contributed by atoms with van der Waals surface area (Å²) in [5.41, 5.74) is 1.98. The number of hydrogen-bond donors (Lipinski definition) is 2. The molecule has 0 bridgehead atoms. The summed E-state index contributed by atoms with van der Waals surface area (Å²) in [6.45, 7) is 11.0. The average molecular weight is 288 g/mol. The van der Waals surface area contributed by atoms with Gasteiger partial charge in [-0.1, -0.05) is 26.0 Å².